The lowest BCUT2D eigenvalue weighted by molar-refractivity contribution is -0.991. The third-order valence-electron chi connectivity index (χ3n) is 6.68. The maximum Gasteiger partial charge on any atom is 0.139 e. The standard InChI is InChI=1S/C13H19N4.C6H12N4.2C2H6.CHBrNO2.ClH/c1-2-4-13(5-3-1)6-17-10-14-7-15(11-17)9-16(8-14)12-17;1-7-2-9-4-8(1)5-10(3-7)6-9;2*1-2;2-1-3(4)5;/h1-5H,6-12H2;1-6H2;2*1-2H3;1H;1H/q+1;;;;-1;. The first-order valence-corrected chi connectivity index (χ1v) is 14.0. The monoisotopic (exact) mass is 605 g/mol. The van der Waals surface area contributed by atoms with Crippen LogP contribution in [0.2, 0.25) is 0 Å². The normalized spacial score (nSPS) is 36.5. The molecule has 1 aromatic rings. The van der Waals surface area contributed by atoms with E-state index in [1.165, 1.54) is 96.6 Å². The van der Waals surface area contributed by atoms with Gasteiger partial charge in [0, 0.05) is 11.0 Å². The number of rotatable bonds is 3. The highest BCUT2D eigenvalue weighted by molar-refractivity contribution is 9.10. The Balaban J connectivity index is 0.000000206. The van der Waals surface area contributed by atoms with Gasteiger partial charge in [-0.3, -0.25) is 19.5 Å². The largest absolute Gasteiger partial charge is 1.00 e. The molecule has 8 fully saturated rings. The molecule has 1 aromatic carbocycles. The van der Waals surface area contributed by atoms with Gasteiger partial charge in [0.25, 0.3) is 0 Å². The van der Waals surface area contributed by atoms with Crippen LogP contribution in [0, 0.1) is 15.6 Å². The van der Waals surface area contributed by atoms with Gasteiger partial charge in [0.1, 0.15) is 46.6 Å². The maximum absolute atomic E-state index is 9.07. The molecule has 0 unspecified atom stereocenters. The highest BCUT2D eigenvalue weighted by Gasteiger charge is 2.48. The van der Waals surface area contributed by atoms with Gasteiger partial charge in [0.15, 0.2) is 0 Å². The average molecular weight is 607 g/mol. The fraction of sp³-hybridized carbons (Fsp3) is 0.708. The minimum Gasteiger partial charge on any atom is -1.00 e. The minimum atomic E-state index is -0.583. The summed E-state index contributed by atoms with van der Waals surface area (Å²) in [5, 5.41) is 9.07. The summed E-state index contributed by atoms with van der Waals surface area (Å²) in [7, 11) is 0. The van der Waals surface area contributed by atoms with Crippen molar-refractivity contribution >= 4 is 15.9 Å². The highest BCUT2D eigenvalue weighted by atomic mass is 79.9. The molecule has 8 aliphatic heterocycles. The van der Waals surface area contributed by atoms with Gasteiger partial charge >= 0.3 is 0 Å². The lowest BCUT2D eigenvalue weighted by atomic mass is 10.1. The average Bonchev–Trinajstić information content (AvgIpc) is 2.86. The molecule has 0 radical (unpaired) electrons. The van der Waals surface area contributed by atoms with Gasteiger partial charge in [-0.25, -0.2) is 45.3 Å². The fourth-order valence-corrected chi connectivity index (χ4v) is 6.16. The summed E-state index contributed by atoms with van der Waals surface area (Å²) in [5.74, 6) is 0. The van der Waals surface area contributed by atoms with Crippen molar-refractivity contribution in [2.24, 2.45) is 0 Å². The van der Waals surface area contributed by atoms with Crippen LogP contribution in [0.3, 0.4) is 0 Å². The van der Waals surface area contributed by atoms with Crippen molar-refractivity contribution in [1.82, 2.24) is 29.4 Å². The van der Waals surface area contributed by atoms with Gasteiger partial charge in [-0.15, -0.1) is 4.92 Å². The zero-order valence-electron chi connectivity index (χ0n) is 22.8. The van der Waals surface area contributed by atoms with E-state index >= 15 is 0 Å². The van der Waals surface area contributed by atoms with Crippen molar-refractivity contribution < 1.29 is 26.7 Å². The second-order valence-electron chi connectivity index (χ2n) is 9.89. The van der Waals surface area contributed by atoms with Gasteiger partial charge in [-0.05, 0) is 0 Å². The summed E-state index contributed by atoms with van der Waals surface area (Å²) in [5.41, 5.74) is 2.17. The smallest absolute Gasteiger partial charge is 0.139 e. The van der Waals surface area contributed by atoms with Crippen molar-refractivity contribution in [1.29, 1.82) is 0 Å². The fourth-order valence-electron chi connectivity index (χ4n) is 6.16. The van der Waals surface area contributed by atoms with Crippen molar-refractivity contribution in [3.05, 3.63) is 51.5 Å². The van der Waals surface area contributed by atoms with Crippen LogP contribution in [0.25, 0.3) is 0 Å². The van der Waals surface area contributed by atoms with Crippen LogP contribution in [-0.2, 0) is 6.54 Å². The Hall–Kier alpha value is -1.06. The van der Waals surface area contributed by atoms with Crippen LogP contribution in [0.15, 0.2) is 30.3 Å². The molecule has 212 valence electrons. The number of nitrogens with one attached hydrogen (secondary N) is 1. The molecule has 0 saturated carbocycles. The number of nitro groups is 1. The molecule has 1 N–H and O–H groups in total. The molecule has 0 aromatic heterocycles. The minimum absolute atomic E-state index is 0. The number of benzene rings is 1. The van der Waals surface area contributed by atoms with Gasteiger partial charge in [0.05, 0.1) is 40.0 Å². The van der Waals surface area contributed by atoms with E-state index in [-0.39, 0.29) is 12.4 Å². The molecule has 0 amide bonds. The summed E-state index contributed by atoms with van der Waals surface area (Å²) in [6, 6.07) is 10.9. The third-order valence-corrected chi connectivity index (χ3v) is 7.02. The zero-order chi connectivity index (χ0) is 26.1. The summed E-state index contributed by atoms with van der Waals surface area (Å²) in [6.07, 6.45) is 0. The molecule has 13 heteroatoms. The lowest BCUT2D eigenvalue weighted by Crippen LogP contribution is -3.21. The van der Waals surface area contributed by atoms with E-state index in [0.29, 0.717) is 5.45 Å². The van der Waals surface area contributed by atoms with Crippen LogP contribution >= 0.6 is 15.9 Å². The van der Waals surface area contributed by atoms with E-state index in [1.54, 1.807) is 4.90 Å². The second-order valence-corrected chi connectivity index (χ2v) is 10.3. The molecule has 8 bridgehead atoms. The van der Waals surface area contributed by atoms with Crippen molar-refractivity contribution in [3.63, 3.8) is 0 Å². The molecule has 11 nitrogen and oxygen atoms in total. The molecular formula is C24H45BrClN9O2. The Labute approximate surface area is 237 Å². The predicted molar refractivity (Wildman–Crippen MR) is 144 cm³/mol. The molecule has 8 heterocycles. The molecule has 8 aliphatic rings. The molecule has 37 heavy (non-hydrogen) atoms. The summed E-state index contributed by atoms with van der Waals surface area (Å²) >= 11 is 2.49. The van der Waals surface area contributed by atoms with Gasteiger partial charge in [0.2, 0.25) is 0 Å². The van der Waals surface area contributed by atoms with Gasteiger partial charge < -0.3 is 12.4 Å². The topological polar surface area (TPSA) is 67.0 Å². The molecule has 9 rings (SSSR count). The SMILES string of the molecule is C1N2CN3CN1C[NH+](C2)C3.CC.CC.O=[N+]([O-])[CH-]Br.[Cl-].c1ccc(C[N+]23CN4CN(CN(C4)C2)C3)cc1. The van der Waals surface area contributed by atoms with Gasteiger partial charge in [-0.1, -0.05) is 58.0 Å². The first-order chi connectivity index (χ1) is 17.5. The Kier molecular flexibility index (Phi) is 13.5. The highest BCUT2D eigenvalue weighted by Crippen LogP contribution is 2.30. The molecule has 8 saturated heterocycles. The number of hydrogen-bond acceptors (Lipinski definition) is 8. The number of nitrogens with zero attached hydrogens (tertiary/aromatic N) is 8. The lowest BCUT2D eigenvalue weighted by Gasteiger charge is -2.60. The second kappa shape index (κ2) is 15.5. The Morgan fingerprint density at radius 2 is 1.16 bits per heavy atom. The summed E-state index contributed by atoms with van der Waals surface area (Å²) in [4.78, 5) is 25.4. The number of quaternary nitrogens is 2. The van der Waals surface area contributed by atoms with E-state index < -0.39 is 4.92 Å². The maximum atomic E-state index is 9.07. The molecule has 0 aliphatic carbocycles. The van der Waals surface area contributed by atoms with Crippen molar-refractivity contribution in [2.45, 2.75) is 34.2 Å². The van der Waals surface area contributed by atoms with E-state index in [4.69, 9.17) is 10.1 Å². The molecule has 0 atom stereocenters. The first kappa shape index (κ1) is 32.2. The van der Waals surface area contributed by atoms with Crippen LogP contribution in [0.5, 0.6) is 0 Å². The Bertz CT molecular complexity index is 716. The predicted octanol–water partition coefficient (Wildman–Crippen LogP) is -1.91. The number of hydrogen-bond donors (Lipinski definition) is 1. The van der Waals surface area contributed by atoms with Crippen LogP contribution in [0.1, 0.15) is 33.3 Å². The quantitative estimate of drug-likeness (QED) is 0.141. The van der Waals surface area contributed by atoms with E-state index in [2.05, 4.69) is 75.7 Å². The van der Waals surface area contributed by atoms with Crippen molar-refractivity contribution in [3.8, 4) is 0 Å². The molecular weight excluding hydrogens is 562 g/mol. The third kappa shape index (κ3) is 8.99. The summed E-state index contributed by atoms with van der Waals surface area (Å²) < 4.78 is 1.20. The summed E-state index contributed by atoms with van der Waals surface area (Å²) in [6.45, 7) is 23.8. The van der Waals surface area contributed by atoms with E-state index in [1.807, 2.05) is 27.7 Å². The Morgan fingerprint density at radius 3 is 1.49 bits per heavy atom. The Morgan fingerprint density at radius 1 is 0.811 bits per heavy atom. The first-order valence-electron chi connectivity index (χ1n) is 13.1. The van der Waals surface area contributed by atoms with Crippen LogP contribution in [0.4, 0.5) is 0 Å². The van der Waals surface area contributed by atoms with Crippen LogP contribution < -0.4 is 17.3 Å². The van der Waals surface area contributed by atoms with Crippen molar-refractivity contribution in [2.75, 3.05) is 80.0 Å². The number of halogens is 2. The van der Waals surface area contributed by atoms with E-state index in [0.717, 1.165) is 0 Å². The molecule has 0 spiro atoms. The van der Waals surface area contributed by atoms with E-state index in [9.17, 15) is 0 Å². The van der Waals surface area contributed by atoms with Crippen LogP contribution in [-0.4, -0.2) is 119 Å². The zero-order valence-corrected chi connectivity index (χ0v) is 25.1. The van der Waals surface area contributed by atoms with Gasteiger partial charge in [-0.2, -0.15) is 0 Å².